The van der Waals surface area contributed by atoms with Crippen molar-refractivity contribution in [2.75, 3.05) is 0 Å². The summed E-state index contributed by atoms with van der Waals surface area (Å²) in [4.78, 5) is 10.6. The van der Waals surface area contributed by atoms with E-state index in [0.29, 0.717) is 24.7 Å². The molecule has 1 saturated carbocycles. The van der Waals surface area contributed by atoms with Crippen LogP contribution in [0.25, 0.3) is 0 Å². The van der Waals surface area contributed by atoms with Crippen LogP contribution >= 0.6 is 0 Å². The maximum Gasteiger partial charge on any atom is 0.416 e. The Morgan fingerprint density at radius 1 is 1.24 bits per heavy atom. The van der Waals surface area contributed by atoms with E-state index in [-0.39, 0.29) is 0 Å². The normalized spacial score (nSPS) is 19.8. The predicted molar refractivity (Wildman–Crippen MR) is 54.4 cm³/mol. The van der Waals surface area contributed by atoms with E-state index in [1.165, 1.54) is 12.1 Å². The Bertz CT molecular complexity index is 418. The molecule has 5 heteroatoms. The maximum absolute atomic E-state index is 12.4. The van der Waals surface area contributed by atoms with Crippen molar-refractivity contribution in [3.05, 3.63) is 35.4 Å². The molecule has 1 aromatic carbocycles. The summed E-state index contributed by atoms with van der Waals surface area (Å²) in [6, 6.07) is 4.63. The molecular weight excluding hydrogens is 233 g/mol. The number of benzene rings is 1. The van der Waals surface area contributed by atoms with Crippen molar-refractivity contribution >= 4 is 6.29 Å². The Labute approximate surface area is 96.1 Å². The van der Waals surface area contributed by atoms with E-state index < -0.39 is 23.3 Å². The molecule has 0 bridgehead atoms. The Kier molecular flexibility index (Phi) is 2.73. The van der Waals surface area contributed by atoms with E-state index in [2.05, 4.69) is 0 Å². The van der Waals surface area contributed by atoms with Crippen molar-refractivity contribution in [2.24, 2.45) is 0 Å². The van der Waals surface area contributed by atoms with Crippen LogP contribution in [0.5, 0.6) is 0 Å². The molecule has 0 aliphatic heterocycles. The van der Waals surface area contributed by atoms with Crippen molar-refractivity contribution in [2.45, 2.75) is 30.5 Å². The number of hydrogen-bond donors (Lipinski definition) is 1. The fourth-order valence-electron chi connectivity index (χ4n) is 2.01. The number of aldehydes is 1. The third-order valence-electron chi connectivity index (χ3n) is 3.27. The summed E-state index contributed by atoms with van der Waals surface area (Å²) in [5.41, 5.74) is -0.797. The van der Waals surface area contributed by atoms with Gasteiger partial charge in [-0.3, -0.25) is 0 Å². The second-order valence-corrected chi connectivity index (χ2v) is 4.31. The first-order chi connectivity index (χ1) is 7.90. The molecule has 0 spiro atoms. The Morgan fingerprint density at radius 3 is 2.12 bits per heavy atom. The molecular formula is C12H11F3O2. The first-order valence-electron chi connectivity index (χ1n) is 5.21. The SMILES string of the molecule is O=CC(O)C1(c2ccc(C(F)(F)F)cc2)CC1. The van der Waals surface area contributed by atoms with Crippen molar-refractivity contribution in [3.63, 3.8) is 0 Å². The van der Waals surface area contributed by atoms with Gasteiger partial charge in [0, 0.05) is 5.41 Å². The Morgan fingerprint density at radius 2 is 1.76 bits per heavy atom. The van der Waals surface area contributed by atoms with Gasteiger partial charge in [0.2, 0.25) is 0 Å². The molecule has 2 rings (SSSR count). The van der Waals surface area contributed by atoms with Crippen LogP contribution < -0.4 is 0 Å². The van der Waals surface area contributed by atoms with Crippen molar-refractivity contribution in [3.8, 4) is 0 Å². The van der Waals surface area contributed by atoms with E-state index in [4.69, 9.17) is 0 Å². The molecule has 17 heavy (non-hydrogen) atoms. The molecule has 1 fully saturated rings. The summed E-state index contributed by atoms with van der Waals surface area (Å²) in [7, 11) is 0. The number of halogens is 3. The minimum absolute atomic E-state index is 0.435. The van der Waals surface area contributed by atoms with Crippen LogP contribution in [0, 0.1) is 0 Å². The van der Waals surface area contributed by atoms with Gasteiger partial charge in [-0.05, 0) is 30.5 Å². The van der Waals surface area contributed by atoms with Crippen molar-refractivity contribution in [1.82, 2.24) is 0 Å². The molecule has 1 aliphatic carbocycles. The molecule has 1 unspecified atom stereocenters. The molecule has 1 aromatic rings. The van der Waals surface area contributed by atoms with Gasteiger partial charge in [-0.2, -0.15) is 13.2 Å². The zero-order valence-corrected chi connectivity index (χ0v) is 8.87. The van der Waals surface area contributed by atoms with Gasteiger partial charge in [-0.1, -0.05) is 12.1 Å². The molecule has 1 atom stereocenters. The van der Waals surface area contributed by atoms with Gasteiger partial charge in [0.15, 0.2) is 0 Å². The lowest BCUT2D eigenvalue weighted by atomic mass is 9.90. The zero-order chi connectivity index (χ0) is 12.7. The molecule has 0 radical (unpaired) electrons. The molecule has 2 nitrogen and oxygen atoms in total. The van der Waals surface area contributed by atoms with Gasteiger partial charge in [0.1, 0.15) is 12.4 Å². The minimum atomic E-state index is -4.36. The van der Waals surface area contributed by atoms with E-state index in [1.54, 1.807) is 0 Å². The standard InChI is InChI=1S/C12H11F3O2/c13-12(14,15)9-3-1-8(2-4-9)11(5-6-11)10(17)7-16/h1-4,7,10,17H,5-6H2. The second-order valence-electron chi connectivity index (χ2n) is 4.31. The summed E-state index contributed by atoms with van der Waals surface area (Å²) in [5.74, 6) is 0. The summed E-state index contributed by atoms with van der Waals surface area (Å²) < 4.78 is 37.1. The third kappa shape index (κ3) is 2.07. The number of carbonyl (C=O) groups excluding carboxylic acids is 1. The number of rotatable bonds is 3. The lowest BCUT2D eigenvalue weighted by Crippen LogP contribution is -2.27. The Balaban J connectivity index is 2.28. The number of aliphatic hydroxyl groups is 1. The van der Waals surface area contributed by atoms with Gasteiger partial charge in [0.05, 0.1) is 5.56 Å². The van der Waals surface area contributed by atoms with Crippen LogP contribution in [0.4, 0.5) is 13.2 Å². The van der Waals surface area contributed by atoms with Crippen molar-refractivity contribution in [1.29, 1.82) is 0 Å². The van der Waals surface area contributed by atoms with Gasteiger partial charge >= 0.3 is 6.18 Å². The van der Waals surface area contributed by atoms with Gasteiger partial charge in [0.25, 0.3) is 0 Å². The van der Waals surface area contributed by atoms with E-state index in [9.17, 15) is 23.1 Å². The van der Waals surface area contributed by atoms with Crippen molar-refractivity contribution < 1.29 is 23.1 Å². The average Bonchev–Trinajstić information content (AvgIpc) is 3.08. The lowest BCUT2D eigenvalue weighted by molar-refractivity contribution is -0.137. The monoisotopic (exact) mass is 244 g/mol. The highest BCUT2D eigenvalue weighted by Gasteiger charge is 2.50. The predicted octanol–water partition coefficient (Wildman–Crippen LogP) is 2.30. The molecule has 0 heterocycles. The quantitative estimate of drug-likeness (QED) is 0.828. The van der Waals surface area contributed by atoms with Crippen LogP contribution in [-0.4, -0.2) is 17.5 Å². The molecule has 1 N–H and O–H groups in total. The molecule has 0 aromatic heterocycles. The fourth-order valence-corrected chi connectivity index (χ4v) is 2.01. The Hall–Kier alpha value is -1.36. The first-order valence-corrected chi connectivity index (χ1v) is 5.21. The van der Waals surface area contributed by atoms with Crippen LogP contribution in [0.1, 0.15) is 24.0 Å². The fraction of sp³-hybridized carbons (Fsp3) is 0.417. The van der Waals surface area contributed by atoms with Crippen LogP contribution in [0.3, 0.4) is 0 Å². The van der Waals surface area contributed by atoms with Gasteiger partial charge in [-0.25, -0.2) is 0 Å². The highest BCUT2D eigenvalue weighted by atomic mass is 19.4. The number of carbonyl (C=O) groups is 1. The van der Waals surface area contributed by atoms with Gasteiger partial charge in [-0.15, -0.1) is 0 Å². The smallest absolute Gasteiger partial charge is 0.385 e. The number of aliphatic hydroxyl groups excluding tert-OH is 1. The summed E-state index contributed by atoms with van der Waals surface area (Å²) >= 11 is 0. The summed E-state index contributed by atoms with van der Waals surface area (Å²) in [6.07, 6.45) is -3.82. The highest BCUT2D eigenvalue weighted by Crippen LogP contribution is 2.50. The largest absolute Gasteiger partial charge is 0.416 e. The van der Waals surface area contributed by atoms with E-state index >= 15 is 0 Å². The zero-order valence-electron chi connectivity index (χ0n) is 8.87. The van der Waals surface area contributed by atoms with Crippen LogP contribution in [0.15, 0.2) is 24.3 Å². The molecule has 0 amide bonds. The second kappa shape index (κ2) is 3.84. The third-order valence-corrected chi connectivity index (χ3v) is 3.27. The summed E-state index contributed by atoms with van der Waals surface area (Å²) in [5, 5.41) is 9.54. The van der Waals surface area contributed by atoms with E-state index in [0.717, 1.165) is 12.1 Å². The highest BCUT2D eigenvalue weighted by molar-refractivity contribution is 5.62. The molecule has 92 valence electrons. The van der Waals surface area contributed by atoms with Crippen LogP contribution in [-0.2, 0) is 16.4 Å². The van der Waals surface area contributed by atoms with Crippen LogP contribution in [0.2, 0.25) is 0 Å². The topological polar surface area (TPSA) is 37.3 Å². The lowest BCUT2D eigenvalue weighted by Gasteiger charge is -2.18. The summed E-state index contributed by atoms with van der Waals surface area (Å²) in [6.45, 7) is 0. The number of hydrogen-bond acceptors (Lipinski definition) is 2. The first kappa shape index (κ1) is 12.1. The number of alkyl halides is 3. The maximum atomic E-state index is 12.4. The molecule has 1 aliphatic rings. The van der Waals surface area contributed by atoms with E-state index in [1.807, 2.05) is 0 Å². The minimum Gasteiger partial charge on any atom is -0.385 e. The van der Waals surface area contributed by atoms with Gasteiger partial charge < -0.3 is 9.90 Å². The molecule has 0 saturated heterocycles. The average molecular weight is 244 g/mol.